The van der Waals surface area contributed by atoms with Crippen molar-refractivity contribution in [1.82, 2.24) is 15.0 Å². The van der Waals surface area contributed by atoms with Crippen molar-refractivity contribution in [3.63, 3.8) is 0 Å². The molecule has 0 aliphatic carbocycles. The highest BCUT2D eigenvalue weighted by Gasteiger charge is 2.14. The zero-order valence-electron chi connectivity index (χ0n) is 17.7. The summed E-state index contributed by atoms with van der Waals surface area (Å²) in [6.45, 7) is 5.66. The molecule has 0 fully saturated rings. The fraction of sp³-hybridized carbons (Fsp3) is 0.261. The molecule has 3 N–H and O–H groups in total. The van der Waals surface area contributed by atoms with Gasteiger partial charge in [-0.25, -0.2) is 4.98 Å². The Bertz CT molecular complexity index is 1120. The number of hydrogen-bond acceptors (Lipinski definition) is 5. The molecule has 8 heteroatoms. The number of nitrogens with zero attached hydrogens (tertiary/aromatic N) is 2. The van der Waals surface area contributed by atoms with Crippen LogP contribution in [0.1, 0.15) is 31.5 Å². The van der Waals surface area contributed by atoms with Crippen LogP contribution in [0.4, 0.5) is 11.4 Å². The van der Waals surface area contributed by atoms with E-state index in [-0.39, 0.29) is 29.7 Å². The molecule has 0 aliphatic heterocycles. The van der Waals surface area contributed by atoms with Gasteiger partial charge in [0.25, 0.3) is 5.56 Å². The van der Waals surface area contributed by atoms with Gasteiger partial charge in [-0.05, 0) is 49.2 Å². The SMILES string of the molecule is Cc1nc(-c2cccnc2)[nH]c(=O)c1CC(=O)Nc1ccc(NC(=O)CC(C)C)cc1. The topological polar surface area (TPSA) is 117 Å². The highest BCUT2D eigenvalue weighted by atomic mass is 16.2. The van der Waals surface area contributed by atoms with Crippen LogP contribution in [0.25, 0.3) is 11.4 Å². The molecule has 0 atom stereocenters. The van der Waals surface area contributed by atoms with Crippen LogP contribution >= 0.6 is 0 Å². The van der Waals surface area contributed by atoms with Crippen LogP contribution in [0.5, 0.6) is 0 Å². The number of benzene rings is 1. The predicted octanol–water partition coefficient (Wildman–Crippen LogP) is 3.31. The van der Waals surface area contributed by atoms with Gasteiger partial charge in [-0.2, -0.15) is 0 Å². The molecule has 2 amide bonds. The molecule has 0 bridgehead atoms. The average Bonchev–Trinajstić information content (AvgIpc) is 2.72. The van der Waals surface area contributed by atoms with Gasteiger partial charge in [-0.1, -0.05) is 13.8 Å². The lowest BCUT2D eigenvalue weighted by molar-refractivity contribution is -0.117. The molecule has 0 saturated heterocycles. The number of aryl methyl sites for hydroxylation is 1. The van der Waals surface area contributed by atoms with Gasteiger partial charge in [0.2, 0.25) is 11.8 Å². The lowest BCUT2D eigenvalue weighted by Gasteiger charge is -2.10. The Balaban J connectivity index is 1.64. The summed E-state index contributed by atoms with van der Waals surface area (Å²) < 4.78 is 0. The summed E-state index contributed by atoms with van der Waals surface area (Å²) in [4.78, 5) is 48.0. The molecule has 2 heterocycles. The van der Waals surface area contributed by atoms with E-state index in [4.69, 9.17) is 0 Å². The van der Waals surface area contributed by atoms with Crippen molar-refractivity contribution in [3.8, 4) is 11.4 Å². The van der Waals surface area contributed by atoms with Gasteiger partial charge in [-0.3, -0.25) is 19.4 Å². The lowest BCUT2D eigenvalue weighted by Crippen LogP contribution is -2.23. The third kappa shape index (κ3) is 6.08. The van der Waals surface area contributed by atoms with Crippen LogP contribution in [0.2, 0.25) is 0 Å². The molecule has 0 saturated carbocycles. The van der Waals surface area contributed by atoms with E-state index in [0.29, 0.717) is 40.4 Å². The Morgan fingerprint density at radius 3 is 2.23 bits per heavy atom. The molecule has 2 aromatic heterocycles. The number of carbonyl (C=O) groups excluding carboxylic acids is 2. The molecule has 0 unspecified atom stereocenters. The maximum Gasteiger partial charge on any atom is 0.255 e. The molecule has 31 heavy (non-hydrogen) atoms. The third-order valence-electron chi connectivity index (χ3n) is 4.54. The molecule has 3 aromatic rings. The number of hydrogen-bond donors (Lipinski definition) is 3. The number of nitrogens with one attached hydrogen (secondary N) is 3. The number of amides is 2. The van der Waals surface area contributed by atoms with E-state index in [0.717, 1.165) is 0 Å². The summed E-state index contributed by atoms with van der Waals surface area (Å²) in [5.41, 5.74) is 2.36. The number of carbonyl (C=O) groups is 2. The van der Waals surface area contributed by atoms with Crippen molar-refractivity contribution in [2.45, 2.75) is 33.6 Å². The van der Waals surface area contributed by atoms with Crippen molar-refractivity contribution in [1.29, 1.82) is 0 Å². The summed E-state index contributed by atoms with van der Waals surface area (Å²) >= 11 is 0. The Hall–Kier alpha value is -3.81. The van der Waals surface area contributed by atoms with E-state index in [2.05, 4.69) is 25.6 Å². The molecule has 160 valence electrons. The van der Waals surface area contributed by atoms with Crippen molar-refractivity contribution >= 4 is 23.2 Å². The van der Waals surface area contributed by atoms with Crippen molar-refractivity contribution in [2.75, 3.05) is 10.6 Å². The van der Waals surface area contributed by atoms with Crippen LogP contribution in [0.3, 0.4) is 0 Å². The molecule has 0 radical (unpaired) electrons. The highest BCUT2D eigenvalue weighted by Crippen LogP contribution is 2.16. The molecular weight excluding hydrogens is 394 g/mol. The summed E-state index contributed by atoms with van der Waals surface area (Å²) in [5, 5.41) is 5.58. The Morgan fingerprint density at radius 2 is 1.68 bits per heavy atom. The minimum Gasteiger partial charge on any atom is -0.326 e. The first-order chi connectivity index (χ1) is 14.8. The predicted molar refractivity (Wildman–Crippen MR) is 120 cm³/mol. The summed E-state index contributed by atoms with van der Waals surface area (Å²) in [5.74, 6) is 0.304. The molecular formula is C23H25N5O3. The van der Waals surface area contributed by atoms with Crippen molar-refractivity contribution < 1.29 is 9.59 Å². The molecule has 8 nitrogen and oxygen atoms in total. The molecule has 0 spiro atoms. The number of aromatic amines is 1. The smallest absolute Gasteiger partial charge is 0.255 e. The first-order valence-corrected chi connectivity index (χ1v) is 10.0. The summed E-state index contributed by atoms with van der Waals surface area (Å²) in [6.07, 6.45) is 3.59. The Labute approximate surface area is 180 Å². The lowest BCUT2D eigenvalue weighted by atomic mass is 10.1. The van der Waals surface area contributed by atoms with Gasteiger partial charge in [0.05, 0.1) is 6.42 Å². The van der Waals surface area contributed by atoms with E-state index in [1.165, 1.54) is 0 Å². The second-order valence-electron chi connectivity index (χ2n) is 7.67. The van der Waals surface area contributed by atoms with E-state index in [9.17, 15) is 14.4 Å². The number of anilines is 2. The Morgan fingerprint density at radius 1 is 1.03 bits per heavy atom. The number of H-pyrrole nitrogens is 1. The average molecular weight is 419 g/mol. The van der Waals surface area contributed by atoms with Gasteiger partial charge in [0.15, 0.2) is 0 Å². The zero-order chi connectivity index (χ0) is 22.4. The third-order valence-corrected chi connectivity index (χ3v) is 4.54. The van der Waals surface area contributed by atoms with Crippen LogP contribution in [0.15, 0.2) is 53.6 Å². The van der Waals surface area contributed by atoms with Crippen molar-refractivity contribution in [2.24, 2.45) is 5.92 Å². The van der Waals surface area contributed by atoms with Gasteiger partial charge >= 0.3 is 0 Å². The number of aromatic nitrogens is 3. The van der Waals surface area contributed by atoms with Crippen LogP contribution in [-0.4, -0.2) is 26.8 Å². The highest BCUT2D eigenvalue weighted by molar-refractivity contribution is 5.93. The molecule has 3 rings (SSSR count). The largest absolute Gasteiger partial charge is 0.326 e. The first-order valence-electron chi connectivity index (χ1n) is 10.0. The van der Waals surface area contributed by atoms with E-state index in [1.54, 1.807) is 55.7 Å². The van der Waals surface area contributed by atoms with Gasteiger partial charge in [0.1, 0.15) is 5.82 Å². The van der Waals surface area contributed by atoms with E-state index >= 15 is 0 Å². The van der Waals surface area contributed by atoms with Crippen molar-refractivity contribution in [3.05, 3.63) is 70.4 Å². The summed E-state index contributed by atoms with van der Waals surface area (Å²) in [6, 6.07) is 10.4. The fourth-order valence-corrected chi connectivity index (χ4v) is 3.04. The Kier molecular flexibility index (Phi) is 6.92. The monoisotopic (exact) mass is 419 g/mol. The van der Waals surface area contributed by atoms with Gasteiger partial charge in [0, 0.05) is 47.0 Å². The van der Waals surface area contributed by atoms with Gasteiger partial charge < -0.3 is 15.6 Å². The van der Waals surface area contributed by atoms with E-state index < -0.39 is 0 Å². The summed E-state index contributed by atoms with van der Waals surface area (Å²) in [7, 11) is 0. The second kappa shape index (κ2) is 9.80. The minimum atomic E-state index is -0.357. The van der Waals surface area contributed by atoms with Gasteiger partial charge in [-0.15, -0.1) is 0 Å². The van der Waals surface area contributed by atoms with E-state index in [1.807, 2.05) is 13.8 Å². The minimum absolute atomic E-state index is 0.0521. The maximum atomic E-state index is 12.5. The van der Waals surface area contributed by atoms with Crippen LogP contribution in [0, 0.1) is 12.8 Å². The number of rotatable bonds is 7. The zero-order valence-corrected chi connectivity index (χ0v) is 17.7. The maximum absolute atomic E-state index is 12.5. The van der Waals surface area contributed by atoms with Crippen LogP contribution < -0.4 is 16.2 Å². The standard InChI is InChI=1S/C23H25N5O3/c1-14(2)11-20(29)26-17-6-8-18(9-7-17)27-21(30)12-19-15(3)25-22(28-23(19)31)16-5-4-10-24-13-16/h4-10,13-14H,11-12H2,1-3H3,(H,26,29)(H,27,30)(H,25,28,31). The second-order valence-corrected chi connectivity index (χ2v) is 7.67. The molecule has 0 aliphatic rings. The quantitative estimate of drug-likeness (QED) is 0.543. The molecule has 1 aromatic carbocycles. The first kappa shape index (κ1) is 21.9. The normalized spacial score (nSPS) is 10.7. The number of pyridine rings is 1. The van der Waals surface area contributed by atoms with Crippen LogP contribution in [-0.2, 0) is 16.0 Å². The fourth-order valence-electron chi connectivity index (χ4n) is 3.04.